The molecule has 19 heavy (non-hydrogen) atoms. The summed E-state index contributed by atoms with van der Waals surface area (Å²) in [5.41, 5.74) is 8.91. The number of carbonyl (C=O) groups is 1. The Hall–Kier alpha value is -1.55. The van der Waals surface area contributed by atoms with Crippen LogP contribution in [0.3, 0.4) is 0 Å². The SMILES string of the molecule is CC(C)c1cccc2c1NC(=O)CCN2CCCN. The first kappa shape index (κ1) is 13.9. The quantitative estimate of drug-likeness (QED) is 0.874. The summed E-state index contributed by atoms with van der Waals surface area (Å²) >= 11 is 0. The minimum absolute atomic E-state index is 0.101. The first-order valence-electron chi connectivity index (χ1n) is 7.01. The number of benzene rings is 1. The molecule has 3 N–H and O–H groups in total. The lowest BCUT2D eigenvalue weighted by atomic mass is 9.99. The van der Waals surface area contributed by atoms with Gasteiger partial charge in [-0.1, -0.05) is 26.0 Å². The number of hydrogen-bond donors (Lipinski definition) is 2. The molecule has 4 nitrogen and oxygen atoms in total. The number of nitrogens with zero attached hydrogens (tertiary/aromatic N) is 1. The molecule has 0 bridgehead atoms. The molecule has 104 valence electrons. The summed E-state index contributed by atoms with van der Waals surface area (Å²) in [5, 5.41) is 3.07. The molecule has 2 rings (SSSR count). The third kappa shape index (κ3) is 3.07. The molecular formula is C15H23N3O. The van der Waals surface area contributed by atoms with E-state index in [1.807, 2.05) is 0 Å². The van der Waals surface area contributed by atoms with E-state index in [0.29, 0.717) is 18.9 Å². The van der Waals surface area contributed by atoms with Crippen molar-refractivity contribution in [3.05, 3.63) is 23.8 Å². The van der Waals surface area contributed by atoms with Gasteiger partial charge < -0.3 is 16.0 Å². The standard InChI is InChI=1S/C15H23N3O/c1-11(2)12-5-3-6-13-15(12)17-14(19)7-10-18(13)9-4-8-16/h3,5-6,11H,4,7-10,16H2,1-2H3,(H,17,19). The van der Waals surface area contributed by atoms with Gasteiger partial charge in [0.15, 0.2) is 0 Å². The van der Waals surface area contributed by atoms with Crippen LogP contribution in [0.25, 0.3) is 0 Å². The van der Waals surface area contributed by atoms with Crippen LogP contribution >= 0.6 is 0 Å². The molecule has 0 atom stereocenters. The van der Waals surface area contributed by atoms with Crippen LogP contribution in [0.2, 0.25) is 0 Å². The molecule has 0 fully saturated rings. The number of anilines is 2. The van der Waals surface area contributed by atoms with Crippen LogP contribution in [0.1, 0.15) is 38.2 Å². The maximum Gasteiger partial charge on any atom is 0.226 e. The molecule has 0 saturated heterocycles. The zero-order chi connectivity index (χ0) is 13.8. The maximum atomic E-state index is 11.9. The fourth-order valence-electron chi connectivity index (χ4n) is 2.51. The minimum Gasteiger partial charge on any atom is -0.369 e. The lowest BCUT2D eigenvalue weighted by Gasteiger charge is -2.25. The van der Waals surface area contributed by atoms with Gasteiger partial charge in [0.25, 0.3) is 0 Å². The molecule has 1 heterocycles. The van der Waals surface area contributed by atoms with Gasteiger partial charge in [-0.15, -0.1) is 0 Å². The Balaban J connectivity index is 2.40. The Labute approximate surface area is 115 Å². The molecule has 0 spiro atoms. The highest BCUT2D eigenvalue weighted by Crippen LogP contribution is 2.35. The van der Waals surface area contributed by atoms with Crippen molar-refractivity contribution in [2.75, 3.05) is 29.9 Å². The fraction of sp³-hybridized carbons (Fsp3) is 0.533. The third-order valence-corrected chi connectivity index (χ3v) is 3.54. The van der Waals surface area contributed by atoms with Crippen molar-refractivity contribution in [3.8, 4) is 0 Å². The molecule has 1 amide bonds. The first-order valence-corrected chi connectivity index (χ1v) is 7.01. The van der Waals surface area contributed by atoms with Crippen LogP contribution < -0.4 is 16.0 Å². The molecule has 0 radical (unpaired) electrons. The maximum absolute atomic E-state index is 11.9. The molecule has 1 aliphatic heterocycles. The van der Waals surface area contributed by atoms with Crippen LogP contribution in [0.5, 0.6) is 0 Å². The summed E-state index contributed by atoms with van der Waals surface area (Å²) in [6.45, 7) is 6.64. The predicted molar refractivity (Wildman–Crippen MR) is 79.7 cm³/mol. The normalized spacial score (nSPS) is 15.2. The highest BCUT2D eigenvalue weighted by molar-refractivity contribution is 5.97. The zero-order valence-corrected chi connectivity index (χ0v) is 11.8. The number of nitrogens with two attached hydrogens (primary N) is 1. The van der Waals surface area contributed by atoms with E-state index in [1.165, 1.54) is 5.56 Å². The third-order valence-electron chi connectivity index (χ3n) is 3.54. The second-order valence-electron chi connectivity index (χ2n) is 5.32. The van der Waals surface area contributed by atoms with Crippen LogP contribution in [0.4, 0.5) is 11.4 Å². The number of rotatable bonds is 4. The van der Waals surface area contributed by atoms with Gasteiger partial charge in [-0.25, -0.2) is 0 Å². The van der Waals surface area contributed by atoms with Crippen molar-refractivity contribution in [2.24, 2.45) is 5.73 Å². The largest absolute Gasteiger partial charge is 0.369 e. The molecule has 0 aromatic heterocycles. The van der Waals surface area contributed by atoms with Crippen LogP contribution in [-0.4, -0.2) is 25.5 Å². The molecule has 0 unspecified atom stereocenters. The highest BCUT2D eigenvalue weighted by Gasteiger charge is 2.21. The predicted octanol–water partition coefficient (Wildman–Crippen LogP) is 2.31. The second-order valence-corrected chi connectivity index (χ2v) is 5.32. The van der Waals surface area contributed by atoms with E-state index in [0.717, 1.165) is 30.9 Å². The van der Waals surface area contributed by atoms with Crippen molar-refractivity contribution in [1.29, 1.82) is 0 Å². The summed E-state index contributed by atoms with van der Waals surface area (Å²) < 4.78 is 0. The molecule has 0 aliphatic carbocycles. The van der Waals surface area contributed by atoms with Gasteiger partial charge in [0.05, 0.1) is 11.4 Å². The molecule has 1 aromatic carbocycles. The Bertz CT molecular complexity index is 457. The van der Waals surface area contributed by atoms with Crippen LogP contribution in [-0.2, 0) is 4.79 Å². The summed E-state index contributed by atoms with van der Waals surface area (Å²) in [6.07, 6.45) is 1.48. The van der Waals surface area contributed by atoms with Crippen molar-refractivity contribution in [3.63, 3.8) is 0 Å². The number of nitrogens with one attached hydrogen (secondary N) is 1. The minimum atomic E-state index is 0.101. The van der Waals surface area contributed by atoms with Crippen LogP contribution in [0, 0.1) is 0 Å². The Morgan fingerprint density at radius 3 is 2.89 bits per heavy atom. The van der Waals surface area contributed by atoms with Gasteiger partial charge in [-0.05, 0) is 30.5 Å². The average molecular weight is 261 g/mol. The van der Waals surface area contributed by atoms with E-state index in [1.54, 1.807) is 0 Å². The Morgan fingerprint density at radius 2 is 2.21 bits per heavy atom. The molecule has 1 aromatic rings. The Kier molecular flexibility index (Phi) is 4.43. The topological polar surface area (TPSA) is 58.4 Å². The van der Waals surface area contributed by atoms with E-state index in [-0.39, 0.29) is 5.91 Å². The highest BCUT2D eigenvalue weighted by atomic mass is 16.1. The lowest BCUT2D eigenvalue weighted by molar-refractivity contribution is -0.115. The van der Waals surface area contributed by atoms with Gasteiger partial charge in [0, 0.05) is 19.5 Å². The monoisotopic (exact) mass is 261 g/mol. The molecule has 0 saturated carbocycles. The summed E-state index contributed by atoms with van der Waals surface area (Å²) in [5.74, 6) is 0.495. The van der Waals surface area contributed by atoms with E-state index in [9.17, 15) is 4.79 Å². The van der Waals surface area contributed by atoms with Crippen molar-refractivity contribution in [2.45, 2.75) is 32.6 Å². The molecular weight excluding hydrogens is 238 g/mol. The van der Waals surface area contributed by atoms with E-state index >= 15 is 0 Å². The Morgan fingerprint density at radius 1 is 1.42 bits per heavy atom. The van der Waals surface area contributed by atoms with Crippen molar-refractivity contribution >= 4 is 17.3 Å². The number of fused-ring (bicyclic) bond motifs is 1. The number of carbonyl (C=O) groups excluding carboxylic acids is 1. The molecule has 4 heteroatoms. The fourth-order valence-corrected chi connectivity index (χ4v) is 2.51. The molecule has 1 aliphatic rings. The van der Waals surface area contributed by atoms with Gasteiger partial charge in [-0.2, -0.15) is 0 Å². The zero-order valence-electron chi connectivity index (χ0n) is 11.8. The van der Waals surface area contributed by atoms with Gasteiger partial charge in [0.1, 0.15) is 0 Å². The number of hydrogen-bond acceptors (Lipinski definition) is 3. The lowest BCUT2D eigenvalue weighted by Crippen LogP contribution is -2.27. The number of para-hydroxylation sites is 1. The van der Waals surface area contributed by atoms with E-state index in [2.05, 4.69) is 42.3 Å². The second kappa shape index (κ2) is 6.06. The van der Waals surface area contributed by atoms with Crippen LogP contribution in [0.15, 0.2) is 18.2 Å². The first-order chi connectivity index (χ1) is 9.13. The smallest absolute Gasteiger partial charge is 0.226 e. The van der Waals surface area contributed by atoms with E-state index < -0.39 is 0 Å². The van der Waals surface area contributed by atoms with Gasteiger partial charge in [0.2, 0.25) is 5.91 Å². The summed E-state index contributed by atoms with van der Waals surface area (Å²) in [4.78, 5) is 14.1. The van der Waals surface area contributed by atoms with E-state index in [4.69, 9.17) is 5.73 Å². The van der Waals surface area contributed by atoms with Crippen molar-refractivity contribution in [1.82, 2.24) is 0 Å². The van der Waals surface area contributed by atoms with Gasteiger partial charge >= 0.3 is 0 Å². The van der Waals surface area contributed by atoms with Crippen molar-refractivity contribution < 1.29 is 4.79 Å². The van der Waals surface area contributed by atoms with Gasteiger partial charge in [-0.3, -0.25) is 4.79 Å². The average Bonchev–Trinajstić information content (AvgIpc) is 2.54. The summed E-state index contributed by atoms with van der Waals surface area (Å²) in [7, 11) is 0. The number of amides is 1. The summed E-state index contributed by atoms with van der Waals surface area (Å²) in [6, 6.07) is 6.25.